The van der Waals surface area contributed by atoms with Crippen molar-refractivity contribution < 1.29 is 14.3 Å². The molecule has 4 aromatic rings. The van der Waals surface area contributed by atoms with Gasteiger partial charge in [0.25, 0.3) is 5.91 Å². The summed E-state index contributed by atoms with van der Waals surface area (Å²) in [4.78, 5) is 38.4. The molecule has 9 heteroatoms. The van der Waals surface area contributed by atoms with Crippen molar-refractivity contribution in [2.45, 2.75) is 32.9 Å². The number of amides is 1. The van der Waals surface area contributed by atoms with Crippen LogP contribution in [0.5, 0.6) is 0 Å². The highest BCUT2D eigenvalue weighted by Crippen LogP contribution is 2.30. The van der Waals surface area contributed by atoms with Gasteiger partial charge >= 0.3 is 5.97 Å². The van der Waals surface area contributed by atoms with Crippen molar-refractivity contribution >= 4 is 50.6 Å². The summed E-state index contributed by atoms with van der Waals surface area (Å²) in [5, 5.41) is 7.82. The number of ether oxygens (including phenoxy) is 1. The molecular formula is C25H24N4O3S2. The van der Waals surface area contributed by atoms with Gasteiger partial charge in [0.15, 0.2) is 11.7 Å². The number of nitrogens with one attached hydrogen (secondary N) is 1. The SMILES string of the molecule is CC(C)N1CCc2nc3ccccc3c(C(=O)OCC(=O)Nc3nc(-c4cccs4)cs3)c2C1. The highest BCUT2D eigenvalue weighted by atomic mass is 32.1. The van der Waals surface area contributed by atoms with Crippen LogP contribution in [0.15, 0.2) is 47.2 Å². The Morgan fingerprint density at radius 3 is 2.79 bits per heavy atom. The molecule has 0 radical (unpaired) electrons. The standard InChI is InChI=1S/C25H24N4O3S2/c1-15(2)29-10-9-19-17(12-29)23(16-6-3-4-7-18(16)26-19)24(31)32-13-22(30)28-25-27-20(14-34-25)21-8-5-11-33-21/h3-8,11,14-15H,9-10,12-13H2,1-2H3,(H,27,28,30). The Bertz CT molecular complexity index is 1350. The number of para-hydroxylation sites is 1. The second kappa shape index (κ2) is 9.61. The first kappa shape index (κ1) is 22.6. The van der Waals surface area contributed by atoms with E-state index in [1.165, 1.54) is 11.3 Å². The zero-order valence-electron chi connectivity index (χ0n) is 18.9. The number of anilines is 1. The van der Waals surface area contributed by atoms with E-state index in [1.807, 2.05) is 47.2 Å². The number of rotatable bonds is 6. The number of thiazole rings is 1. The molecule has 1 aliphatic rings. The van der Waals surface area contributed by atoms with Gasteiger partial charge in [-0.15, -0.1) is 22.7 Å². The summed E-state index contributed by atoms with van der Waals surface area (Å²) in [6, 6.07) is 11.9. The lowest BCUT2D eigenvalue weighted by atomic mass is 9.95. The van der Waals surface area contributed by atoms with Crippen LogP contribution in [0.2, 0.25) is 0 Å². The highest BCUT2D eigenvalue weighted by molar-refractivity contribution is 7.16. The summed E-state index contributed by atoms with van der Waals surface area (Å²) in [7, 11) is 0. The molecule has 34 heavy (non-hydrogen) atoms. The van der Waals surface area contributed by atoms with E-state index in [4.69, 9.17) is 9.72 Å². The quantitative estimate of drug-likeness (QED) is 0.382. The third-order valence-electron chi connectivity index (χ3n) is 5.87. The molecule has 174 valence electrons. The van der Waals surface area contributed by atoms with E-state index in [2.05, 4.69) is 29.0 Å². The van der Waals surface area contributed by atoms with Crippen molar-refractivity contribution in [3.8, 4) is 10.6 Å². The van der Waals surface area contributed by atoms with E-state index in [-0.39, 0.29) is 6.61 Å². The second-order valence-corrected chi connectivity index (χ2v) is 10.2. The Morgan fingerprint density at radius 2 is 2.00 bits per heavy atom. The van der Waals surface area contributed by atoms with Gasteiger partial charge in [0.1, 0.15) is 0 Å². The monoisotopic (exact) mass is 492 g/mol. The molecule has 0 saturated carbocycles. The number of aromatic nitrogens is 2. The van der Waals surface area contributed by atoms with Gasteiger partial charge in [-0.05, 0) is 31.4 Å². The van der Waals surface area contributed by atoms with Crippen molar-refractivity contribution in [2.75, 3.05) is 18.5 Å². The molecule has 1 N–H and O–H groups in total. The molecule has 7 nitrogen and oxygen atoms in total. The third kappa shape index (κ3) is 4.59. The van der Waals surface area contributed by atoms with E-state index in [0.717, 1.165) is 45.7 Å². The lowest BCUT2D eigenvalue weighted by Crippen LogP contribution is -2.37. The van der Waals surface area contributed by atoms with Gasteiger partial charge in [-0.3, -0.25) is 20.0 Å². The number of benzene rings is 1. The molecule has 0 aliphatic carbocycles. The first-order valence-electron chi connectivity index (χ1n) is 11.1. The van der Waals surface area contributed by atoms with Gasteiger partial charge in [0, 0.05) is 47.6 Å². The van der Waals surface area contributed by atoms with Crippen LogP contribution in [0.1, 0.15) is 35.5 Å². The van der Waals surface area contributed by atoms with E-state index >= 15 is 0 Å². The molecule has 3 aromatic heterocycles. The fourth-order valence-corrected chi connectivity index (χ4v) is 5.60. The lowest BCUT2D eigenvalue weighted by molar-refractivity contribution is -0.119. The molecule has 0 unspecified atom stereocenters. The van der Waals surface area contributed by atoms with E-state index in [1.54, 1.807) is 11.3 Å². The summed E-state index contributed by atoms with van der Waals surface area (Å²) in [6.07, 6.45) is 0.774. The molecule has 0 fully saturated rings. The first-order valence-corrected chi connectivity index (χ1v) is 12.9. The van der Waals surface area contributed by atoms with Crippen LogP contribution in [0, 0.1) is 0 Å². The minimum atomic E-state index is -0.506. The molecular weight excluding hydrogens is 468 g/mol. The van der Waals surface area contributed by atoms with E-state index < -0.39 is 11.9 Å². The maximum Gasteiger partial charge on any atom is 0.339 e. The molecule has 5 rings (SSSR count). The van der Waals surface area contributed by atoms with Crippen molar-refractivity contribution in [1.82, 2.24) is 14.9 Å². The Labute approximate surface area is 205 Å². The number of esters is 1. The zero-order valence-corrected chi connectivity index (χ0v) is 20.5. The maximum absolute atomic E-state index is 13.3. The number of pyridine rings is 1. The van der Waals surface area contributed by atoms with E-state index in [9.17, 15) is 9.59 Å². The smallest absolute Gasteiger partial charge is 0.339 e. The zero-order chi connectivity index (χ0) is 23.7. The van der Waals surface area contributed by atoms with Gasteiger partial charge in [-0.1, -0.05) is 24.3 Å². The number of fused-ring (bicyclic) bond motifs is 2. The normalized spacial score (nSPS) is 13.7. The third-order valence-corrected chi connectivity index (χ3v) is 7.52. The molecule has 0 bridgehead atoms. The number of hydrogen-bond acceptors (Lipinski definition) is 8. The summed E-state index contributed by atoms with van der Waals surface area (Å²) in [5.41, 5.74) is 3.91. The van der Waals surface area contributed by atoms with Gasteiger partial charge < -0.3 is 4.74 Å². The predicted molar refractivity (Wildman–Crippen MR) is 135 cm³/mol. The van der Waals surface area contributed by atoms with Gasteiger partial charge in [-0.25, -0.2) is 9.78 Å². The maximum atomic E-state index is 13.3. The van der Waals surface area contributed by atoms with Gasteiger partial charge in [0.2, 0.25) is 0 Å². The lowest BCUT2D eigenvalue weighted by Gasteiger charge is -2.32. The molecule has 4 heterocycles. The minimum absolute atomic E-state index is 0.353. The average Bonchev–Trinajstić information content (AvgIpc) is 3.53. The van der Waals surface area contributed by atoms with Crippen LogP contribution < -0.4 is 5.32 Å². The Hall–Kier alpha value is -3.14. The fraction of sp³-hybridized carbons (Fsp3) is 0.280. The van der Waals surface area contributed by atoms with Crippen LogP contribution in [0.25, 0.3) is 21.5 Å². The topological polar surface area (TPSA) is 84.4 Å². The van der Waals surface area contributed by atoms with Crippen LogP contribution in [-0.4, -0.2) is 45.9 Å². The molecule has 1 amide bonds. The molecule has 0 atom stereocenters. The van der Waals surface area contributed by atoms with Crippen LogP contribution in [-0.2, 0) is 22.5 Å². The second-order valence-electron chi connectivity index (χ2n) is 8.38. The number of hydrogen-bond donors (Lipinski definition) is 1. The number of carbonyl (C=O) groups excluding carboxylic acids is 2. The summed E-state index contributed by atoms with van der Waals surface area (Å²) in [5.74, 6) is -0.925. The van der Waals surface area contributed by atoms with Crippen molar-refractivity contribution in [2.24, 2.45) is 0 Å². The summed E-state index contributed by atoms with van der Waals surface area (Å²) < 4.78 is 5.49. The van der Waals surface area contributed by atoms with Gasteiger partial charge in [-0.2, -0.15) is 0 Å². The van der Waals surface area contributed by atoms with Gasteiger partial charge in [0.05, 0.1) is 21.7 Å². The molecule has 0 saturated heterocycles. The minimum Gasteiger partial charge on any atom is -0.452 e. The van der Waals surface area contributed by atoms with E-state index in [0.29, 0.717) is 23.3 Å². The summed E-state index contributed by atoms with van der Waals surface area (Å²) >= 11 is 2.93. The summed E-state index contributed by atoms with van der Waals surface area (Å²) in [6.45, 7) is 5.43. The molecule has 0 spiro atoms. The fourth-order valence-electron chi connectivity index (χ4n) is 4.11. The Morgan fingerprint density at radius 1 is 1.15 bits per heavy atom. The van der Waals surface area contributed by atoms with Crippen molar-refractivity contribution in [3.63, 3.8) is 0 Å². The Balaban J connectivity index is 1.33. The van der Waals surface area contributed by atoms with Crippen molar-refractivity contribution in [3.05, 3.63) is 64.0 Å². The predicted octanol–water partition coefficient (Wildman–Crippen LogP) is 4.98. The number of nitrogens with zero attached hydrogens (tertiary/aromatic N) is 3. The number of thiophene rings is 1. The largest absolute Gasteiger partial charge is 0.452 e. The molecule has 1 aromatic carbocycles. The Kier molecular flexibility index (Phi) is 6.40. The van der Waals surface area contributed by atoms with Crippen LogP contribution >= 0.6 is 22.7 Å². The highest BCUT2D eigenvalue weighted by Gasteiger charge is 2.28. The molecule has 1 aliphatic heterocycles. The van der Waals surface area contributed by atoms with Crippen LogP contribution in [0.3, 0.4) is 0 Å². The van der Waals surface area contributed by atoms with Crippen LogP contribution in [0.4, 0.5) is 5.13 Å². The van der Waals surface area contributed by atoms with Crippen molar-refractivity contribution in [1.29, 1.82) is 0 Å². The average molecular weight is 493 g/mol. The number of carbonyl (C=O) groups is 2. The first-order chi connectivity index (χ1) is 16.5.